The second-order valence-corrected chi connectivity index (χ2v) is 4.60. The lowest BCUT2D eigenvalue weighted by atomic mass is 9.93. The monoisotopic (exact) mass is 268 g/mol. The maximum absolute atomic E-state index is 8.93. The van der Waals surface area contributed by atoms with Crippen LogP contribution in [0.25, 0.3) is 0 Å². The summed E-state index contributed by atoms with van der Waals surface area (Å²) in [5.41, 5.74) is 5.60. The summed E-state index contributed by atoms with van der Waals surface area (Å²) in [5.74, 6) is 0.832. The molecule has 4 heteroatoms. The summed E-state index contributed by atoms with van der Waals surface area (Å²) in [7, 11) is 3.37. The summed E-state index contributed by atoms with van der Waals surface area (Å²) < 4.78 is 16.2. The van der Waals surface area contributed by atoms with E-state index in [1.165, 1.54) is 5.56 Å². The summed E-state index contributed by atoms with van der Waals surface area (Å²) in [4.78, 5) is 0. The molecule has 0 atom stereocenters. The Morgan fingerprint density at radius 3 is 1.68 bits per heavy atom. The number of aliphatic hydroxyl groups is 1. The second-order valence-electron chi connectivity index (χ2n) is 4.60. The molecule has 0 aliphatic carbocycles. The van der Waals surface area contributed by atoms with Crippen molar-refractivity contribution in [3.63, 3.8) is 0 Å². The Kier molecular flexibility index (Phi) is 6.28. The molecule has 1 N–H and O–H groups in total. The molecule has 0 amide bonds. The van der Waals surface area contributed by atoms with Crippen molar-refractivity contribution in [2.45, 2.75) is 34.0 Å². The molecule has 0 saturated carbocycles. The van der Waals surface area contributed by atoms with E-state index in [1.54, 1.807) is 14.2 Å². The van der Waals surface area contributed by atoms with E-state index in [4.69, 9.17) is 19.3 Å². The lowest BCUT2D eigenvalue weighted by Crippen LogP contribution is -2.10. The zero-order valence-corrected chi connectivity index (χ0v) is 12.5. The number of methoxy groups -OCH3 is 2. The molecule has 108 valence electrons. The first-order valence-corrected chi connectivity index (χ1v) is 6.41. The average molecular weight is 268 g/mol. The van der Waals surface area contributed by atoms with Gasteiger partial charge in [-0.3, -0.25) is 0 Å². The minimum atomic E-state index is 0.00593. The van der Waals surface area contributed by atoms with Gasteiger partial charge in [-0.25, -0.2) is 0 Å². The molecule has 1 aromatic rings. The van der Waals surface area contributed by atoms with Crippen molar-refractivity contribution in [2.75, 3.05) is 27.4 Å². The lowest BCUT2D eigenvalue weighted by Gasteiger charge is -2.21. The van der Waals surface area contributed by atoms with Crippen LogP contribution in [0, 0.1) is 20.8 Å². The molecule has 0 aliphatic heterocycles. The normalized spacial score (nSPS) is 10.8. The van der Waals surface area contributed by atoms with Gasteiger partial charge in [-0.2, -0.15) is 0 Å². The van der Waals surface area contributed by atoms with Gasteiger partial charge < -0.3 is 19.3 Å². The van der Waals surface area contributed by atoms with Crippen LogP contribution in [-0.4, -0.2) is 32.5 Å². The van der Waals surface area contributed by atoms with Gasteiger partial charge in [0, 0.05) is 14.2 Å². The number of rotatable bonds is 7. The number of ether oxygens (including phenoxy) is 3. The summed E-state index contributed by atoms with van der Waals surface area (Å²) >= 11 is 0. The summed E-state index contributed by atoms with van der Waals surface area (Å²) in [5, 5.41) is 8.93. The van der Waals surface area contributed by atoms with Gasteiger partial charge >= 0.3 is 0 Å². The topological polar surface area (TPSA) is 47.9 Å². The summed E-state index contributed by atoms with van der Waals surface area (Å²) in [6.07, 6.45) is 0. The lowest BCUT2D eigenvalue weighted by molar-refractivity contribution is 0.175. The van der Waals surface area contributed by atoms with Gasteiger partial charge in [0.15, 0.2) is 0 Å². The molecular weight excluding hydrogens is 244 g/mol. The van der Waals surface area contributed by atoms with E-state index in [2.05, 4.69) is 6.92 Å². The van der Waals surface area contributed by atoms with Gasteiger partial charge in [0.25, 0.3) is 0 Å². The fourth-order valence-electron chi connectivity index (χ4n) is 2.39. The zero-order chi connectivity index (χ0) is 14.4. The first-order chi connectivity index (χ1) is 9.08. The molecule has 1 rings (SSSR count). The van der Waals surface area contributed by atoms with Crippen molar-refractivity contribution in [2.24, 2.45) is 0 Å². The van der Waals surface area contributed by atoms with Crippen molar-refractivity contribution < 1.29 is 19.3 Å². The number of hydrogen-bond acceptors (Lipinski definition) is 4. The third kappa shape index (κ3) is 3.47. The molecular formula is C15H24O4. The highest BCUT2D eigenvalue weighted by atomic mass is 16.5. The van der Waals surface area contributed by atoms with Crippen molar-refractivity contribution in [3.05, 3.63) is 27.8 Å². The molecule has 0 aliphatic rings. The van der Waals surface area contributed by atoms with E-state index in [9.17, 15) is 0 Å². The predicted octanol–water partition coefficient (Wildman–Crippen LogP) is 2.28. The first-order valence-electron chi connectivity index (χ1n) is 6.41. The largest absolute Gasteiger partial charge is 0.491 e. The van der Waals surface area contributed by atoms with Crippen LogP contribution < -0.4 is 4.74 Å². The van der Waals surface area contributed by atoms with Crippen LogP contribution in [0.4, 0.5) is 0 Å². The fraction of sp³-hybridized carbons (Fsp3) is 0.600. The van der Waals surface area contributed by atoms with E-state index >= 15 is 0 Å². The highest BCUT2D eigenvalue weighted by molar-refractivity contribution is 5.54. The third-order valence-electron chi connectivity index (χ3n) is 3.41. The maximum atomic E-state index is 8.93. The Morgan fingerprint density at radius 1 is 0.842 bits per heavy atom. The summed E-state index contributed by atoms with van der Waals surface area (Å²) in [6, 6.07) is 0. The molecule has 0 saturated heterocycles. The zero-order valence-electron chi connectivity index (χ0n) is 12.5. The third-order valence-corrected chi connectivity index (χ3v) is 3.41. The smallest absolute Gasteiger partial charge is 0.125 e. The minimum Gasteiger partial charge on any atom is -0.491 e. The second kappa shape index (κ2) is 7.48. The van der Waals surface area contributed by atoms with Crippen molar-refractivity contribution >= 4 is 0 Å². The van der Waals surface area contributed by atoms with Crippen molar-refractivity contribution in [1.29, 1.82) is 0 Å². The van der Waals surface area contributed by atoms with Crippen LogP contribution in [0.15, 0.2) is 0 Å². The maximum Gasteiger partial charge on any atom is 0.125 e. The van der Waals surface area contributed by atoms with Gasteiger partial charge in [0.2, 0.25) is 0 Å². The standard InChI is InChI=1S/C15H24O4/c1-10-13(8-17-4)11(2)15(19-7-6-16)12(3)14(10)9-18-5/h16H,6-9H2,1-5H3. The molecule has 4 nitrogen and oxygen atoms in total. The Hall–Kier alpha value is -1.10. The van der Waals surface area contributed by atoms with Gasteiger partial charge in [-0.1, -0.05) is 0 Å². The van der Waals surface area contributed by atoms with E-state index in [1.807, 2.05) is 13.8 Å². The SMILES string of the molecule is COCc1c(C)c(COC)c(C)c(OCCO)c1C. The number of benzene rings is 1. The van der Waals surface area contributed by atoms with Crippen LogP contribution in [0.3, 0.4) is 0 Å². The molecule has 0 radical (unpaired) electrons. The highest BCUT2D eigenvalue weighted by Crippen LogP contribution is 2.34. The van der Waals surface area contributed by atoms with Crippen LogP contribution in [0.2, 0.25) is 0 Å². The van der Waals surface area contributed by atoms with E-state index in [-0.39, 0.29) is 6.61 Å². The number of hydrogen-bond donors (Lipinski definition) is 1. The Morgan fingerprint density at radius 2 is 1.32 bits per heavy atom. The molecule has 0 fully saturated rings. The van der Waals surface area contributed by atoms with Crippen LogP contribution in [-0.2, 0) is 22.7 Å². The van der Waals surface area contributed by atoms with Crippen LogP contribution in [0.5, 0.6) is 5.75 Å². The molecule has 0 heterocycles. The molecule has 0 spiro atoms. The Bertz CT molecular complexity index is 394. The first kappa shape index (κ1) is 16.0. The van der Waals surface area contributed by atoms with Crippen LogP contribution >= 0.6 is 0 Å². The summed E-state index contributed by atoms with van der Waals surface area (Å²) in [6.45, 7) is 7.53. The van der Waals surface area contributed by atoms with E-state index in [0.717, 1.165) is 28.0 Å². The predicted molar refractivity (Wildman–Crippen MR) is 74.7 cm³/mol. The van der Waals surface area contributed by atoms with E-state index < -0.39 is 0 Å². The molecule has 0 bridgehead atoms. The Balaban J connectivity index is 3.35. The van der Waals surface area contributed by atoms with Crippen molar-refractivity contribution in [3.8, 4) is 5.75 Å². The van der Waals surface area contributed by atoms with Gasteiger partial charge in [-0.15, -0.1) is 0 Å². The highest BCUT2D eigenvalue weighted by Gasteiger charge is 2.17. The van der Waals surface area contributed by atoms with Gasteiger partial charge in [0.05, 0.1) is 19.8 Å². The quantitative estimate of drug-likeness (QED) is 0.824. The fourth-order valence-corrected chi connectivity index (χ4v) is 2.39. The van der Waals surface area contributed by atoms with Crippen LogP contribution in [0.1, 0.15) is 27.8 Å². The minimum absolute atomic E-state index is 0.00593. The molecule has 19 heavy (non-hydrogen) atoms. The van der Waals surface area contributed by atoms with Gasteiger partial charge in [-0.05, 0) is 48.6 Å². The molecule has 1 aromatic carbocycles. The molecule has 0 unspecified atom stereocenters. The average Bonchev–Trinajstić information content (AvgIpc) is 2.40. The van der Waals surface area contributed by atoms with E-state index in [0.29, 0.717) is 19.8 Å². The Labute approximate surface area is 115 Å². The van der Waals surface area contributed by atoms with Crippen molar-refractivity contribution in [1.82, 2.24) is 0 Å². The molecule has 0 aromatic heterocycles. The van der Waals surface area contributed by atoms with Gasteiger partial charge in [0.1, 0.15) is 12.4 Å². The number of aliphatic hydroxyl groups excluding tert-OH is 1.